The second-order valence-electron chi connectivity index (χ2n) is 5.78. The van der Waals surface area contributed by atoms with Crippen LogP contribution in [0.5, 0.6) is 0 Å². The van der Waals surface area contributed by atoms with Gasteiger partial charge in [-0.2, -0.15) is 0 Å². The molecule has 0 saturated heterocycles. The normalized spacial score (nSPS) is 17.5. The van der Waals surface area contributed by atoms with Crippen LogP contribution in [0.15, 0.2) is 24.3 Å². The highest BCUT2D eigenvalue weighted by molar-refractivity contribution is 6.31. The molecule has 104 valence electrons. The smallest absolute Gasteiger partial charge is 0.0446 e. The standard InChI is InChI=1S/C17H24ClN/c1-19(2)12-6-7-14-10-11-16(17(18)13-14)15-8-4-3-5-9-15/h6-7,10-11,13,15H,3-5,8-9,12H2,1-2H3. The zero-order chi connectivity index (χ0) is 13.7. The van der Waals surface area contributed by atoms with Crippen LogP contribution in [0.1, 0.15) is 49.1 Å². The van der Waals surface area contributed by atoms with Crippen LogP contribution in [0, 0.1) is 0 Å². The summed E-state index contributed by atoms with van der Waals surface area (Å²) in [6, 6.07) is 6.54. The summed E-state index contributed by atoms with van der Waals surface area (Å²) in [5, 5.41) is 0.943. The zero-order valence-electron chi connectivity index (χ0n) is 12.0. The van der Waals surface area contributed by atoms with Crippen molar-refractivity contribution in [1.82, 2.24) is 4.90 Å². The fourth-order valence-corrected chi connectivity index (χ4v) is 3.13. The van der Waals surface area contributed by atoms with Gasteiger partial charge in [-0.1, -0.05) is 55.1 Å². The number of likely N-dealkylation sites (N-methyl/N-ethyl adjacent to an activating group) is 1. The van der Waals surface area contributed by atoms with Crippen molar-refractivity contribution in [3.63, 3.8) is 0 Å². The van der Waals surface area contributed by atoms with Gasteiger partial charge in [-0.3, -0.25) is 0 Å². The van der Waals surface area contributed by atoms with Gasteiger partial charge in [0.25, 0.3) is 0 Å². The lowest BCUT2D eigenvalue weighted by atomic mass is 9.84. The van der Waals surface area contributed by atoms with E-state index in [9.17, 15) is 0 Å². The van der Waals surface area contributed by atoms with E-state index in [1.807, 2.05) is 0 Å². The Bertz CT molecular complexity index is 431. The molecular weight excluding hydrogens is 254 g/mol. The fraction of sp³-hybridized carbons (Fsp3) is 0.529. The topological polar surface area (TPSA) is 3.24 Å². The maximum Gasteiger partial charge on any atom is 0.0446 e. The first-order chi connectivity index (χ1) is 9.16. The van der Waals surface area contributed by atoms with Gasteiger partial charge in [0.2, 0.25) is 0 Å². The van der Waals surface area contributed by atoms with Crippen LogP contribution in [0.25, 0.3) is 6.08 Å². The van der Waals surface area contributed by atoms with Crippen LogP contribution in [0.3, 0.4) is 0 Å². The third kappa shape index (κ3) is 4.36. The first-order valence-corrected chi connectivity index (χ1v) is 7.65. The minimum Gasteiger partial charge on any atom is -0.306 e. The molecule has 0 radical (unpaired) electrons. The maximum atomic E-state index is 6.46. The van der Waals surface area contributed by atoms with E-state index in [-0.39, 0.29) is 0 Å². The highest BCUT2D eigenvalue weighted by atomic mass is 35.5. The lowest BCUT2D eigenvalue weighted by Crippen LogP contribution is -2.10. The third-order valence-electron chi connectivity index (χ3n) is 3.85. The van der Waals surface area contributed by atoms with Crippen molar-refractivity contribution in [3.05, 3.63) is 40.4 Å². The van der Waals surface area contributed by atoms with Crippen LogP contribution in [-0.4, -0.2) is 25.5 Å². The Hall–Kier alpha value is -0.790. The Morgan fingerprint density at radius 2 is 1.95 bits per heavy atom. The Labute approximate surface area is 122 Å². The number of hydrogen-bond donors (Lipinski definition) is 0. The number of benzene rings is 1. The van der Waals surface area contributed by atoms with Crippen molar-refractivity contribution in [1.29, 1.82) is 0 Å². The summed E-state index contributed by atoms with van der Waals surface area (Å²) in [6.07, 6.45) is 11.0. The van der Waals surface area contributed by atoms with Gasteiger partial charge in [0.15, 0.2) is 0 Å². The van der Waals surface area contributed by atoms with E-state index in [0.717, 1.165) is 11.6 Å². The van der Waals surface area contributed by atoms with Gasteiger partial charge in [-0.05, 0) is 50.0 Å². The van der Waals surface area contributed by atoms with E-state index < -0.39 is 0 Å². The van der Waals surface area contributed by atoms with Crippen LogP contribution >= 0.6 is 11.6 Å². The van der Waals surface area contributed by atoms with Crippen LogP contribution in [0.4, 0.5) is 0 Å². The molecule has 0 atom stereocenters. The average Bonchev–Trinajstić information content (AvgIpc) is 2.39. The number of halogens is 1. The zero-order valence-corrected chi connectivity index (χ0v) is 12.8. The Balaban J connectivity index is 2.06. The van der Waals surface area contributed by atoms with Crippen molar-refractivity contribution in [2.45, 2.75) is 38.0 Å². The van der Waals surface area contributed by atoms with Crippen molar-refractivity contribution >= 4 is 17.7 Å². The number of rotatable bonds is 4. The summed E-state index contributed by atoms with van der Waals surface area (Å²) < 4.78 is 0. The summed E-state index contributed by atoms with van der Waals surface area (Å²) in [5.74, 6) is 0.682. The van der Waals surface area contributed by atoms with Crippen molar-refractivity contribution < 1.29 is 0 Å². The van der Waals surface area contributed by atoms with Gasteiger partial charge in [-0.15, -0.1) is 0 Å². The number of hydrogen-bond acceptors (Lipinski definition) is 1. The van der Waals surface area contributed by atoms with Gasteiger partial charge < -0.3 is 4.90 Å². The second-order valence-corrected chi connectivity index (χ2v) is 6.19. The maximum absolute atomic E-state index is 6.46. The molecule has 1 aromatic rings. The van der Waals surface area contributed by atoms with E-state index in [0.29, 0.717) is 5.92 Å². The largest absolute Gasteiger partial charge is 0.306 e. The lowest BCUT2D eigenvalue weighted by Gasteiger charge is -2.23. The van der Waals surface area contributed by atoms with E-state index in [2.05, 4.69) is 49.3 Å². The van der Waals surface area contributed by atoms with Gasteiger partial charge in [-0.25, -0.2) is 0 Å². The van der Waals surface area contributed by atoms with Gasteiger partial charge in [0, 0.05) is 11.6 Å². The molecule has 0 spiro atoms. The van der Waals surface area contributed by atoms with E-state index in [1.165, 1.54) is 43.2 Å². The molecule has 1 aliphatic carbocycles. The highest BCUT2D eigenvalue weighted by Crippen LogP contribution is 2.36. The molecule has 0 N–H and O–H groups in total. The number of nitrogens with zero attached hydrogens (tertiary/aromatic N) is 1. The van der Waals surface area contributed by atoms with Gasteiger partial charge in [0.05, 0.1) is 0 Å². The first-order valence-electron chi connectivity index (χ1n) is 7.27. The Morgan fingerprint density at radius 1 is 1.21 bits per heavy atom. The second kappa shape index (κ2) is 7.12. The Morgan fingerprint density at radius 3 is 2.58 bits per heavy atom. The minimum atomic E-state index is 0.682. The quantitative estimate of drug-likeness (QED) is 0.752. The van der Waals surface area contributed by atoms with Crippen molar-refractivity contribution in [3.8, 4) is 0 Å². The van der Waals surface area contributed by atoms with Gasteiger partial charge in [0.1, 0.15) is 0 Å². The minimum absolute atomic E-state index is 0.682. The molecule has 0 bridgehead atoms. The lowest BCUT2D eigenvalue weighted by molar-refractivity contribution is 0.444. The molecule has 1 aliphatic rings. The van der Waals surface area contributed by atoms with Crippen LogP contribution < -0.4 is 0 Å². The predicted molar refractivity (Wildman–Crippen MR) is 84.9 cm³/mol. The molecule has 0 heterocycles. The molecule has 1 saturated carbocycles. The van der Waals surface area contributed by atoms with Crippen LogP contribution in [-0.2, 0) is 0 Å². The molecule has 0 amide bonds. The molecular formula is C17H24ClN. The SMILES string of the molecule is CN(C)CC=Cc1ccc(C2CCCCC2)c(Cl)c1. The molecule has 2 heteroatoms. The summed E-state index contributed by atoms with van der Waals surface area (Å²) in [7, 11) is 4.15. The molecule has 1 fully saturated rings. The molecule has 19 heavy (non-hydrogen) atoms. The van der Waals surface area contributed by atoms with Crippen molar-refractivity contribution in [2.75, 3.05) is 20.6 Å². The van der Waals surface area contributed by atoms with E-state index in [4.69, 9.17) is 11.6 Å². The first kappa shape index (κ1) is 14.6. The monoisotopic (exact) mass is 277 g/mol. The van der Waals surface area contributed by atoms with E-state index in [1.54, 1.807) is 0 Å². The summed E-state index contributed by atoms with van der Waals surface area (Å²) in [4.78, 5) is 2.15. The average molecular weight is 278 g/mol. The molecule has 0 aromatic heterocycles. The summed E-state index contributed by atoms with van der Waals surface area (Å²) >= 11 is 6.46. The third-order valence-corrected chi connectivity index (χ3v) is 4.18. The van der Waals surface area contributed by atoms with E-state index >= 15 is 0 Å². The predicted octanol–water partition coefficient (Wildman–Crippen LogP) is 4.96. The Kier molecular flexibility index (Phi) is 5.47. The fourth-order valence-electron chi connectivity index (χ4n) is 2.79. The van der Waals surface area contributed by atoms with Crippen LogP contribution in [0.2, 0.25) is 5.02 Å². The summed E-state index contributed by atoms with van der Waals surface area (Å²) in [5.41, 5.74) is 2.55. The van der Waals surface area contributed by atoms with Gasteiger partial charge >= 0.3 is 0 Å². The molecule has 0 aliphatic heterocycles. The molecule has 1 nitrogen and oxygen atoms in total. The van der Waals surface area contributed by atoms with Crippen molar-refractivity contribution in [2.24, 2.45) is 0 Å². The molecule has 1 aromatic carbocycles. The highest BCUT2D eigenvalue weighted by Gasteiger charge is 2.17. The molecule has 0 unspecified atom stereocenters. The summed E-state index contributed by atoms with van der Waals surface area (Å²) in [6.45, 7) is 0.960. The molecule has 2 rings (SSSR count).